The van der Waals surface area contributed by atoms with Gasteiger partial charge in [-0.2, -0.15) is 0 Å². The second-order valence-electron chi connectivity index (χ2n) is 3.98. The van der Waals surface area contributed by atoms with Crippen LogP contribution in [0, 0.1) is 19.8 Å². The summed E-state index contributed by atoms with van der Waals surface area (Å²) in [5.41, 5.74) is 7.21. The Labute approximate surface area is 83.2 Å². The summed E-state index contributed by atoms with van der Waals surface area (Å²) in [5.74, 6) is 0.888. The number of hydrogen-bond donors (Lipinski definition) is 1. The standard InChI is InChI=1S/C10H16N2S/c1-6-7(2)13-10(12-6)9(11)5-8-3-4-8/h8-9H,3-5,11H2,1-2H3. The second kappa shape index (κ2) is 3.39. The first-order valence-electron chi connectivity index (χ1n) is 4.86. The van der Waals surface area contributed by atoms with E-state index in [0.717, 1.165) is 23.0 Å². The molecule has 13 heavy (non-hydrogen) atoms. The number of rotatable bonds is 3. The Bertz CT molecular complexity index is 282. The number of hydrogen-bond acceptors (Lipinski definition) is 3. The van der Waals surface area contributed by atoms with Gasteiger partial charge in [-0.25, -0.2) is 4.98 Å². The molecule has 0 aliphatic heterocycles. The average Bonchev–Trinajstić information content (AvgIpc) is 2.81. The highest BCUT2D eigenvalue weighted by Crippen LogP contribution is 2.37. The molecule has 1 saturated carbocycles. The number of nitrogens with zero attached hydrogens (tertiary/aromatic N) is 1. The molecule has 0 bridgehead atoms. The smallest absolute Gasteiger partial charge is 0.110 e. The van der Waals surface area contributed by atoms with E-state index < -0.39 is 0 Å². The third-order valence-electron chi connectivity index (χ3n) is 2.65. The lowest BCUT2D eigenvalue weighted by atomic mass is 10.1. The van der Waals surface area contributed by atoms with Crippen LogP contribution in [-0.4, -0.2) is 4.98 Å². The van der Waals surface area contributed by atoms with Crippen LogP contribution in [0.5, 0.6) is 0 Å². The van der Waals surface area contributed by atoms with E-state index >= 15 is 0 Å². The molecule has 1 aromatic heterocycles. The molecule has 0 radical (unpaired) electrons. The van der Waals surface area contributed by atoms with Gasteiger partial charge < -0.3 is 5.73 Å². The molecule has 2 rings (SSSR count). The normalized spacial score (nSPS) is 19.0. The Hall–Kier alpha value is -0.410. The lowest BCUT2D eigenvalue weighted by Crippen LogP contribution is -2.10. The van der Waals surface area contributed by atoms with Crippen molar-refractivity contribution in [2.24, 2.45) is 11.7 Å². The fourth-order valence-corrected chi connectivity index (χ4v) is 2.41. The molecule has 72 valence electrons. The van der Waals surface area contributed by atoms with Gasteiger partial charge >= 0.3 is 0 Å². The Kier molecular flexibility index (Phi) is 2.39. The van der Waals surface area contributed by atoms with Crippen LogP contribution in [0.15, 0.2) is 0 Å². The average molecular weight is 196 g/mol. The van der Waals surface area contributed by atoms with Crippen molar-refractivity contribution < 1.29 is 0 Å². The third kappa shape index (κ3) is 2.09. The third-order valence-corrected chi connectivity index (χ3v) is 3.85. The Morgan fingerprint density at radius 3 is 2.69 bits per heavy atom. The molecule has 1 unspecified atom stereocenters. The second-order valence-corrected chi connectivity index (χ2v) is 5.21. The van der Waals surface area contributed by atoms with Gasteiger partial charge in [-0.1, -0.05) is 12.8 Å². The molecule has 1 heterocycles. The summed E-state index contributed by atoms with van der Waals surface area (Å²) in [6, 6.07) is 0.185. The van der Waals surface area contributed by atoms with Gasteiger partial charge in [0.2, 0.25) is 0 Å². The topological polar surface area (TPSA) is 38.9 Å². The first-order valence-corrected chi connectivity index (χ1v) is 5.68. The molecular formula is C10H16N2S. The van der Waals surface area contributed by atoms with Gasteiger partial charge in [0.05, 0.1) is 11.7 Å². The van der Waals surface area contributed by atoms with Crippen molar-refractivity contribution >= 4 is 11.3 Å². The predicted molar refractivity (Wildman–Crippen MR) is 55.9 cm³/mol. The summed E-state index contributed by atoms with van der Waals surface area (Å²) in [6.45, 7) is 4.17. The molecule has 0 amide bonds. The lowest BCUT2D eigenvalue weighted by molar-refractivity contribution is 0.593. The van der Waals surface area contributed by atoms with Gasteiger partial charge in [-0.3, -0.25) is 0 Å². The monoisotopic (exact) mass is 196 g/mol. The van der Waals surface area contributed by atoms with Crippen molar-refractivity contribution in [3.05, 3.63) is 15.6 Å². The van der Waals surface area contributed by atoms with Crippen molar-refractivity contribution in [1.29, 1.82) is 0 Å². The highest BCUT2D eigenvalue weighted by atomic mass is 32.1. The first kappa shape index (κ1) is 9.16. The maximum absolute atomic E-state index is 6.07. The minimum atomic E-state index is 0.185. The van der Waals surface area contributed by atoms with Crippen molar-refractivity contribution in [3.63, 3.8) is 0 Å². The summed E-state index contributed by atoms with van der Waals surface area (Å²) in [7, 11) is 0. The fourth-order valence-electron chi connectivity index (χ4n) is 1.47. The fraction of sp³-hybridized carbons (Fsp3) is 0.700. The van der Waals surface area contributed by atoms with Crippen LogP contribution in [0.2, 0.25) is 0 Å². The molecule has 2 nitrogen and oxygen atoms in total. The number of nitrogens with two attached hydrogens (primary N) is 1. The van der Waals surface area contributed by atoms with Crippen LogP contribution in [0.1, 0.15) is 40.9 Å². The van der Waals surface area contributed by atoms with Crippen molar-refractivity contribution in [1.82, 2.24) is 4.98 Å². The minimum absolute atomic E-state index is 0.185. The van der Waals surface area contributed by atoms with E-state index in [4.69, 9.17) is 5.73 Å². The maximum atomic E-state index is 6.07. The summed E-state index contributed by atoms with van der Waals surface area (Å²) in [4.78, 5) is 5.79. The zero-order valence-corrected chi connectivity index (χ0v) is 9.03. The van der Waals surface area contributed by atoms with E-state index in [1.54, 1.807) is 11.3 Å². The Balaban J connectivity index is 2.05. The van der Waals surface area contributed by atoms with E-state index in [9.17, 15) is 0 Å². The maximum Gasteiger partial charge on any atom is 0.110 e. The van der Waals surface area contributed by atoms with E-state index in [1.807, 2.05) is 0 Å². The quantitative estimate of drug-likeness (QED) is 0.807. The number of aryl methyl sites for hydroxylation is 2. The largest absolute Gasteiger partial charge is 0.322 e. The number of aromatic nitrogens is 1. The van der Waals surface area contributed by atoms with Gasteiger partial charge in [0.25, 0.3) is 0 Å². The highest BCUT2D eigenvalue weighted by molar-refractivity contribution is 7.11. The summed E-state index contributed by atoms with van der Waals surface area (Å²) in [6.07, 6.45) is 3.88. The first-order chi connectivity index (χ1) is 6.16. The highest BCUT2D eigenvalue weighted by Gasteiger charge is 2.25. The van der Waals surface area contributed by atoms with E-state index in [2.05, 4.69) is 18.8 Å². The lowest BCUT2D eigenvalue weighted by Gasteiger charge is -2.05. The zero-order chi connectivity index (χ0) is 9.42. The molecule has 0 spiro atoms. The van der Waals surface area contributed by atoms with Gasteiger partial charge in [-0.15, -0.1) is 11.3 Å². The number of thiazole rings is 1. The Morgan fingerprint density at radius 2 is 2.23 bits per heavy atom. The van der Waals surface area contributed by atoms with Gasteiger partial charge in [0.1, 0.15) is 5.01 Å². The molecule has 0 aromatic carbocycles. The zero-order valence-electron chi connectivity index (χ0n) is 8.21. The summed E-state index contributed by atoms with van der Waals surface area (Å²) >= 11 is 1.76. The molecule has 1 aromatic rings. The van der Waals surface area contributed by atoms with E-state index in [0.29, 0.717) is 0 Å². The van der Waals surface area contributed by atoms with Crippen LogP contribution in [0.25, 0.3) is 0 Å². The molecule has 1 aliphatic carbocycles. The van der Waals surface area contributed by atoms with Crippen molar-refractivity contribution in [3.8, 4) is 0 Å². The summed E-state index contributed by atoms with van der Waals surface area (Å²) in [5, 5.41) is 1.13. The van der Waals surface area contributed by atoms with Crippen molar-refractivity contribution in [2.75, 3.05) is 0 Å². The van der Waals surface area contributed by atoms with Crippen LogP contribution in [0.4, 0.5) is 0 Å². The predicted octanol–water partition coefficient (Wildman–Crippen LogP) is 2.56. The molecule has 1 fully saturated rings. The van der Waals surface area contributed by atoms with Crippen LogP contribution < -0.4 is 5.73 Å². The van der Waals surface area contributed by atoms with Crippen LogP contribution in [-0.2, 0) is 0 Å². The molecular weight excluding hydrogens is 180 g/mol. The molecule has 1 aliphatic rings. The Morgan fingerprint density at radius 1 is 1.54 bits per heavy atom. The SMILES string of the molecule is Cc1nc(C(N)CC2CC2)sc1C. The molecule has 3 heteroatoms. The minimum Gasteiger partial charge on any atom is -0.322 e. The van der Waals surface area contributed by atoms with Gasteiger partial charge in [0, 0.05) is 4.88 Å². The molecule has 1 atom stereocenters. The molecule has 2 N–H and O–H groups in total. The van der Waals surface area contributed by atoms with Crippen molar-refractivity contribution in [2.45, 2.75) is 39.2 Å². The van der Waals surface area contributed by atoms with Gasteiger partial charge in [-0.05, 0) is 26.2 Å². The van der Waals surface area contributed by atoms with E-state index in [1.165, 1.54) is 17.7 Å². The van der Waals surface area contributed by atoms with E-state index in [-0.39, 0.29) is 6.04 Å². The van der Waals surface area contributed by atoms with Crippen LogP contribution in [0.3, 0.4) is 0 Å². The molecule has 0 saturated heterocycles. The van der Waals surface area contributed by atoms with Gasteiger partial charge in [0.15, 0.2) is 0 Å². The summed E-state index contributed by atoms with van der Waals surface area (Å²) < 4.78 is 0. The van der Waals surface area contributed by atoms with Crippen LogP contribution >= 0.6 is 11.3 Å².